The third-order valence-electron chi connectivity index (χ3n) is 2.38. The zero-order valence-corrected chi connectivity index (χ0v) is 8.27. The number of rotatable bonds is 1. The molecule has 0 spiro atoms. The van der Waals surface area contributed by atoms with Crippen LogP contribution in [0.3, 0.4) is 0 Å². The number of hydrogen-bond acceptors (Lipinski definition) is 3. The molecule has 1 aromatic carbocycles. The highest BCUT2D eigenvalue weighted by molar-refractivity contribution is 5.79. The van der Waals surface area contributed by atoms with Gasteiger partial charge >= 0.3 is 0 Å². The average Bonchev–Trinajstić information content (AvgIpc) is 2.82. The first-order valence-electron chi connectivity index (χ1n) is 4.83. The van der Waals surface area contributed by atoms with Crippen molar-refractivity contribution < 1.29 is 0 Å². The zero-order valence-electron chi connectivity index (χ0n) is 8.27. The first kappa shape index (κ1) is 8.84. The van der Waals surface area contributed by atoms with E-state index >= 15 is 0 Å². The van der Waals surface area contributed by atoms with Crippen molar-refractivity contribution in [3.63, 3.8) is 0 Å². The molecule has 0 unspecified atom stereocenters. The first-order valence-corrected chi connectivity index (χ1v) is 4.83. The molecule has 5 heteroatoms. The van der Waals surface area contributed by atoms with E-state index in [1.54, 1.807) is 18.5 Å². The van der Waals surface area contributed by atoms with Crippen LogP contribution in [0.5, 0.6) is 0 Å². The SMILES string of the molecule is O=c1[nH]c(-c2cn[nH]c2)nc2ccccc12. The highest BCUT2D eigenvalue weighted by Gasteiger charge is 2.05. The molecular weight excluding hydrogens is 204 g/mol. The molecular formula is C11H8N4O. The molecule has 3 rings (SSSR count). The zero-order chi connectivity index (χ0) is 11.0. The minimum atomic E-state index is -0.137. The van der Waals surface area contributed by atoms with Crippen LogP contribution < -0.4 is 5.56 Å². The molecule has 2 N–H and O–H groups in total. The molecule has 0 saturated heterocycles. The number of benzene rings is 1. The van der Waals surface area contributed by atoms with Crippen LogP contribution in [-0.4, -0.2) is 20.2 Å². The molecule has 0 amide bonds. The van der Waals surface area contributed by atoms with E-state index in [9.17, 15) is 4.79 Å². The lowest BCUT2D eigenvalue weighted by Gasteiger charge is -1.99. The van der Waals surface area contributed by atoms with Gasteiger partial charge in [0, 0.05) is 6.20 Å². The van der Waals surface area contributed by atoms with Crippen LogP contribution in [0.15, 0.2) is 41.5 Å². The fraction of sp³-hybridized carbons (Fsp3) is 0. The highest BCUT2D eigenvalue weighted by atomic mass is 16.1. The summed E-state index contributed by atoms with van der Waals surface area (Å²) < 4.78 is 0. The highest BCUT2D eigenvalue weighted by Crippen LogP contribution is 2.13. The van der Waals surface area contributed by atoms with E-state index in [4.69, 9.17) is 0 Å². The van der Waals surface area contributed by atoms with Crippen LogP contribution in [0.4, 0.5) is 0 Å². The van der Waals surface area contributed by atoms with Gasteiger partial charge in [0.05, 0.1) is 22.7 Å². The van der Waals surface area contributed by atoms with Crippen molar-refractivity contribution in [1.29, 1.82) is 0 Å². The second-order valence-electron chi connectivity index (χ2n) is 3.42. The molecule has 2 aromatic heterocycles. The Morgan fingerprint density at radius 1 is 1.19 bits per heavy atom. The summed E-state index contributed by atoms with van der Waals surface area (Å²) in [6.07, 6.45) is 3.31. The Balaban J connectivity index is 2.34. The summed E-state index contributed by atoms with van der Waals surface area (Å²) in [4.78, 5) is 18.9. The molecule has 0 aliphatic carbocycles. The van der Waals surface area contributed by atoms with E-state index < -0.39 is 0 Å². The van der Waals surface area contributed by atoms with Gasteiger partial charge in [0.15, 0.2) is 0 Å². The molecule has 0 aliphatic rings. The quantitative estimate of drug-likeness (QED) is 0.638. The van der Waals surface area contributed by atoms with Crippen molar-refractivity contribution in [3.05, 3.63) is 47.0 Å². The number of fused-ring (bicyclic) bond motifs is 1. The number of H-pyrrole nitrogens is 2. The Bertz CT molecular complexity index is 685. The Labute approximate surface area is 90.2 Å². The Hall–Kier alpha value is -2.43. The fourth-order valence-electron chi connectivity index (χ4n) is 1.60. The summed E-state index contributed by atoms with van der Waals surface area (Å²) in [7, 11) is 0. The van der Waals surface area contributed by atoms with E-state index in [0.29, 0.717) is 16.7 Å². The van der Waals surface area contributed by atoms with Gasteiger partial charge in [0.1, 0.15) is 5.82 Å². The van der Waals surface area contributed by atoms with E-state index in [2.05, 4.69) is 20.2 Å². The second-order valence-corrected chi connectivity index (χ2v) is 3.42. The lowest BCUT2D eigenvalue weighted by Crippen LogP contribution is -2.08. The van der Waals surface area contributed by atoms with Gasteiger partial charge in [0.25, 0.3) is 5.56 Å². The smallest absolute Gasteiger partial charge is 0.259 e. The molecule has 0 bridgehead atoms. The minimum absolute atomic E-state index is 0.137. The van der Waals surface area contributed by atoms with Gasteiger partial charge in [-0.15, -0.1) is 0 Å². The average molecular weight is 212 g/mol. The van der Waals surface area contributed by atoms with Gasteiger partial charge in [-0.25, -0.2) is 4.98 Å². The molecule has 0 atom stereocenters. The summed E-state index contributed by atoms with van der Waals surface area (Å²) in [6, 6.07) is 7.24. The number of nitrogens with zero attached hydrogens (tertiary/aromatic N) is 2. The van der Waals surface area contributed by atoms with Crippen molar-refractivity contribution in [1.82, 2.24) is 20.2 Å². The van der Waals surface area contributed by atoms with Crippen molar-refractivity contribution in [2.24, 2.45) is 0 Å². The van der Waals surface area contributed by atoms with Gasteiger partial charge in [-0.05, 0) is 12.1 Å². The Morgan fingerprint density at radius 3 is 2.88 bits per heavy atom. The predicted octanol–water partition coefficient (Wildman–Crippen LogP) is 1.31. The van der Waals surface area contributed by atoms with Crippen molar-refractivity contribution >= 4 is 10.9 Å². The molecule has 78 valence electrons. The third-order valence-corrected chi connectivity index (χ3v) is 2.38. The molecule has 0 aliphatic heterocycles. The molecule has 0 saturated carbocycles. The lowest BCUT2D eigenvalue weighted by atomic mass is 10.2. The number of nitrogens with one attached hydrogen (secondary N) is 2. The second kappa shape index (κ2) is 3.30. The monoisotopic (exact) mass is 212 g/mol. The molecule has 2 heterocycles. The maximum Gasteiger partial charge on any atom is 0.259 e. The number of hydrogen-bond donors (Lipinski definition) is 2. The van der Waals surface area contributed by atoms with Crippen molar-refractivity contribution in [2.75, 3.05) is 0 Å². The number of aromatic nitrogens is 4. The number of aromatic amines is 2. The third kappa shape index (κ3) is 1.30. The van der Waals surface area contributed by atoms with Crippen LogP contribution in [0, 0.1) is 0 Å². The van der Waals surface area contributed by atoms with Crippen LogP contribution in [0.25, 0.3) is 22.3 Å². The van der Waals surface area contributed by atoms with Crippen LogP contribution in [-0.2, 0) is 0 Å². The molecule has 16 heavy (non-hydrogen) atoms. The maximum atomic E-state index is 11.8. The number of para-hydroxylation sites is 1. The fourth-order valence-corrected chi connectivity index (χ4v) is 1.60. The molecule has 0 radical (unpaired) electrons. The summed E-state index contributed by atoms with van der Waals surface area (Å²) >= 11 is 0. The summed E-state index contributed by atoms with van der Waals surface area (Å²) in [5.41, 5.74) is 1.31. The van der Waals surface area contributed by atoms with Crippen LogP contribution >= 0.6 is 0 Å². The molecule has 3 aromatic rings. The van der Waals surface area contributed by atoms with Gasteiger partial charge in [-0.2, -0.15) is 5.10 Å². The van der Waals surface area contributed by atoms with Gasteiger partial charge < -0.3 is 4.98 Å². The lowest BCUT2D eigenvalue weighted by molar-refractivity contribution is 1.09. The summed E-state index contributed by atoms with van der Waals surface area (Å²) in [5.74, 6) is 0.525. The van der Waals surface area contributed by atoms with Crippen molar-refractivity contribution in [3.8, 4) is 11.4 Å². The molecule has 5 nitrogen and oxygen atoms in total. The van der Waals surface area contributed by atoms with E-state index in [1.807, 2.05) is 18.2 Å². The topological polar surface area (TPSA) is 74.4 Å². The summed E-state index contributed by atoms with van der Waals surface area (Å²) in [6.45, 7) is 0. The largest absolute Gasteiger partial charge is 0.306 e. The van der Waals surface area contributed by atoms with E-state index in [0.717, 1.165) is 5.56 Å². The maximum absolute atomic E-state index is 11.8. The van der Waals surface area contributed by atoms with Gasteiger partial charge in [-0.1, -0.05) is 12.1 Å². The first-order chi connectivity index (χ1) is 7.84. The van der Waals surface area contributed by atoms with Crippen LogP contribution in [0.2, 0.25) is 0 Å². The Morgan fingerprint density at radius 2 is 2.06 bits per heavy atom. The van der Waals surface area contributed by atoms with E-state index in [-0.39, 0.29) is 5.56 Å². The van der Waals surface area contributed by atoms with Gasteiger partial charge in [0.2, 0.25) is 0 Å². The minimum Gasteiger partial charge on any atom is -0.306 e. The standard InChI is InChI=1S/C11H8N4O/c16-11-8-3-1-2-4-9(8)14-10(15-11)7-5-12-13-6-7/h1-6H,(H,12,13)(H,14,15,16). The predicted molar refractivity (Wildman–Crippen MR) is 59.9 cm³/mol. The van der Waals surface area contributed by atoms with Crippen LogP contribution in [0.1, 0.15) is 0 Å². The molecule has 0 fully saturated rings. The van der Waals surface area contributed by atoms with Crippen molar-refractivity contribution in [2.45, 2.75) is 0 Å². The Kier molecular flexibility index (Phi) is 1.83. The van der Waals surface area contributed by atoms with E-state index in [1.165, 1.54) is 0 Å². The normalized spacial score (nSPS) is 10.8. The summed E-state index contributed by atoms with van der Waals surface area (Å²) in [5, 5.41) is 7.10. The van der Waals surface area contributed by atoms with Gasteiger partial charge in [-0.3, -0.25) is 9.89 Å².